The first-order valence-corrected chi connectivity index (χ1v) is 10.2. The number of benzene rings is 2. The van der Waals surface area contributed by atoms with E-state index in [2.05, 4.69) is 13.8 Å². The highest BCUT2D eigenvalue weighted by Crippen LogP contribution is 2.29. The summed E-state index contributed by atoms with van der Waals surface area (Å²) in [5.41, 5.74) is 3.15. The fraction of sp³-hybridized carbons (Fsp3) is 0.320. The Kier molecular flexibility index (Phi) is 6.98. The van der Waals surface area contributed by atoms with Crippen molar-refractivity contribution in [2.45, 2.75) is 40.2 Å². The number of carbonyl (C=O) groups excluding carboxylic acids is 2. The number of carbonyl (C=O) groups is 2. The molecule has 0 saturated carbocycles. The molecule has 0 atom stereocenters. The number of hydrogen-bond donors (Lipinski definition) is 0. The normalized spacial score (nSPS) is 10.9. The quantitative estimate of drug-likeness (QED) is 0.289. The summed E-state index contributed by atoms with van der Waals surface area (Å²) in [6.07, 6.45) is 0. The van der Waals surface area contributed by atoms with Gasteiger partial charge in [0.1, 0.15) is 12.2 Å². The number of ether oxygens (including phenoxy) is 3. The maximum Gasteiger partial charge on any atom is 0.344 e. The highest BCUT2D eigenvalue weighted by molar-refractivity contribution is 5.94. The van der Waals surface area contributed by atoms with Gasteiger partial charge in [0, 0.05) is 22.6 Å². The molecule has 0 fully saturated rings. The van der Waals surface area contributed by atoms with E-state index in [0.29, 0.717) is 34.1 Å². The van der Waals surface area contributed by atoms with Crippen molar-refractivity contribution in [3.63, 3.8) is 0 Å². The molecule has 3 aromatic rings. The van der Waals surface area contributed by atoms with Crippen LogP contribution >= 0.6 is 0 Å². The first-order chi connectivity index (χ1) is 15.2. The van der Waals surface area contributed by atoms with Crippen molar-refractivity contribution in [1.82, 2.24) is 0 Å². The molecule has 0 aliphatic carbocycles. The van der Waals surface area contributed by atoms with Crippen LogP contribution in [-0.4, -0.2) is 25.5 Å². The van der Waals surface area contributed by atoms with Crippen molar-refractivity contribution >= 4 is 22.7 Å². The van der Waals surface area contributed by atoms with Gasteiger partial charge < -0.3 is 18.6 Å². The van der Waals surface area contributed by atoms with Gasteiger partial charge in [0.05, 0.1) is 7.11 Å². The third kappa shape index (κ3) is 5.17. The predicted molar refractivity (Wildman–Crippen MR) is 120 cm³/mol. The van der Waals surface area contributed by atoms with Crippen LogP contribution in [0.25, 0.3) is 11.0 Å². The zero-order chi connectivity index (χ0) is 23.4. The number of fused-ring (bicyclic) bond motifs is 1. The van der Waals surface area contributed by atoms with E-state index in [1.165, 1.54) is 20.1 Å². The zero-order valence-corrected chi connectivity index (χ0v) is 18.8. The van der Waals surface area contributed by atoms with Gasteiger partial charge in [-0.3, -0.25) is 4.79 Å². The molecule has 0 unspecified atom stereocenters. The number of hydrogen-bond acceptors (Lipinski definition) is 7. The Morgan fingerprint density at radius 2 is 1.81 bits per heavy atom. The highest BCUT2D eigenvalue weighted by atomic mass is 16.6. The van der Waals surface area contributed by atoms with Crippen LogP contribution in [0.15, 0.2) is 45.6 Å². The SMILES string of the molecule is COc1cc(C(C)=O)ccc1OCC(=O)OCc1cc(=O)oc2cc(C)c(C(C)C)cc12. The van der Waals surface area contributed by atoms with Gasteiger partial charge in [-0.2, -0.15) is 0 Å². The zero-order valence-electron chi connectivity index (χ0n) is 18.8. The summed E-state index contributed by atoms with van der Waals surface area (Å²) >= 11 is 0. The summed E-state index contributed by atoms with van der Waals surface area (Å²) in [4.78, 5) is 35.7. The van der Waals surface area contributed by atoms with E-state index in [1.54, 1.807) is 18.2 Å². The lowest BCUT2D eigenvalue weighted by molar-refractivity contribution is -0.147. The van der Waals surface area contributed by atoms with E-state index in [0.717, 1.165) is 16.5 Å². The molecule has 0 amide bonds. The van der Waals surface area contributed by atoms with Crippen LogP contribution in [0.3, 0.4) is 0 Å². The maximum absolute atomic E-state index is 12.3. The van der Waals surface area contributed by atoms with Crippen molar-refractivity contribution < 1.29 is 28.2 Å². The molecule has 2 aromatic carbocycles. The van der Waals surface area contributed by atoms with Crippen LogP contribution in [0.5, 0.6) is 11.5 Å². The molecule has 168 valence electrons. The Balaban J connectivity index is 1.73. The third-order valence-corrected chi connectivity index (χ3v) is 5.14. The Bertz CT molecular complexity index is 1220. The third-order valence-electron chi connectivity index (χ3n) is 5.14. The molecule has 3 rings (SSSR count). The van der Waals surface area contributed by atoms with Gasteiger partial charge in [-0.05, 0) is 61.2 Å². The summed E-state index contributed by atoms with van der Waals surface area (Å²) < 4.78 is 21.4. The van der Waals surface area contributed by atoms with E-state index < -0.39 is 11.6 Å². The molecular formula is C25H26O7. The van der Waals surface area contributed by atoms with E-state index in [-0.39, 0.29) is 19.0 Å². The molecule has 0 radical (unpaired) electrons. The van der Waals surface area contributed by atoms with Crippen molar-refractivity contribution in [3.8, 4) is 11.5 Å². The molecule has 0 saturated heterocycles. The summed E-state index contributed by atoms with van der Waals surface area (Å²) in [6.45, 7) is 7.14. The van der Waals surface area contributed by atoms with Crippen molar-refractivity contribution in [2.24, 2.45) is 0 Å². The molecule has 0 bridgehead atoms. The summed E-state index contributed by atoms with van der Waals surface area (Å²) in [5.74, 6) is 0.232. The molecule has 1 aromatic heterocycles. The van der Waals surface area contributed by atoms with Crippen LogP contribution < -0.4 is 15.1 Å². The second kappa shape index (κ2) is 9.68. The number of rotatable bonds is 8. The number of methoxy groups -OCH3 is 1. The number of esters is 1. The lowest BCUT2D eigenvalue weighted by atomic mass is 9.95. The largest absolute Gasteiger partial charge is 0.493 e. The van der Waals surface area contributed by atoms with Crippen LogP contribution in [0.1, 0.15) is 53.7 Å². The average Bonchev–Trinajstić information content (AvgIpc) is 2.74. The number of Topliss-reactive ketones (excluding diaryl/α,β-unsaturated/α-hetero) is 1. The number of ketones is 1. The van der Waals surface area contributed by atoms with E-state index in [4.69, 9.17) is 18.6 Å². The molecule has 0 aliphatic heterocycles. The van der Waals surface area contributed by atoms with E-state index >= 15 is 0 Å². The summed E-state index contributed by atoms with van der Waals surface area (Å²) in [7, 11) is 1.45. The second-order valence-electron chi connectivity index (χ2n) is 7.82. The standard InChI is InChI=1S/C25H26O7/c1-14(2)19-11-20-18(10-24(27)32-22(20)8-15(19)3)12-31-25(28)13-30-21-7-6-17(16(4)26)9-23(21)29-5/h6-11,14H,12-13H2,1-5H3. The fourth-order valence-corrected chi connectivity index (χ4v) is 3.48. The highest BCUT2D eigenvalue weighted by Gasteiger charge is 2.14. The van der Waals surface area contributed by atoms with Gasteiger partial charge in [-0.15, -0.1) is 0 Å². The lowest BCUT2D eigenvalue weighted by Crippen LogP contribution is -2.16. The van der Waals surface area contributed by atoms with Gasteiger partial charge in [0.2, 0.25) is 0 Å². The molecular weight excluding hydrogens is 412 g/mol. The summed E-state index contributed by atoms with van der Waals surface area (Å²) in [5, 5.41) is 0.731. The van der Waals surface area contributed by atoms with Gasteiger partial charge in [-0.25, -0.2) is 9.59 Å². The molecule has 32 heavy (non-hydrogen) atoms. The average molecular weight is 438 g/mol. The molecule has 0 N–H and O–H groups in total. The predicted octanol–water partition coefficient (Wildman–Crippen LogP) is 4.56. The Labute approximate surface area is 185 Å². The van der Waals surface area contributed by atoms with Gasteiger partial charge >= 0.3 is 11.6 Å². The van der Waals surface area contributed by atoms with Gasteiger partial charge in [0.25, 0.3) is 0 Å². The van der Waals surface area contributed by atoms with Crippen molar-refractivity contribution in [2.75, 3.05) is 13.7 Å². The Morgan fingerprint density at radius 1 is 1.06 bits per heavy atom. The van der Waals surface area contributed by atoms with Crippen LogP contribution in [0, 0.1) is 6.92 Å². The van der Waals surface area contributed by atoms with Crippen LogP contribution in [0.2, 0.25) is 0 Å². The fourth-order valence-electron chi connectivity index (χ4n) is 3.48. The maximum atomic E-state index is 12.3. The van der Waals surface area contributed by atoms with Crippen LogP contribution in [-0.2, 0) is 16.1 Å². The van der Waals surface area contributed by atoms with Crippen molar-refractivity contribution in [1.29, 1.82) is 0 Å². The Hall–Kier alpha value is -3.61. The minimum Gasteiger partial charge on any atom is -0.493 e. The first kappa shape index (κ1) is 23.1. The molecule has 7 nitrogen and oxygen atoms in total. The molecule has 1 heterocycles. The minimum absolute atomic E-state index is 0.0920. The topological polar surface area (TPSA) is 92.0 Å². The van der Waals surface area contributed by atoms with Gasteiger partial charge in [-0.1, -0.05) is 13.8 Å². The Morgan fingerprint density at radius 3 is 2.47 bits per heavy atom. The summed E-state index contributed by atoms with van der Waals surface area (Å²) in [6, 6.07) is 9.84. The minimum atomic E-state index is -0.611. The molecule has 7 heteroatoms. The molecule has 0 spiro atoms. The lowest BCUT2D eigenvalue weighted by Gasteiger charge is -2.14. The van der Waals surface area contributed by atoms with Crippen LogP contribution in [0.4, 0.5) is 0 Å². The molecule has 0 aliphatic rings. The number of aryl methyl sites for hydroxylation is 1. The van der Waals surface area contributed by atoms with E-state index in [9.17, 15) is 14.4 Å². The second-order valence-corrected chi connectivity index (χ2v) is 7.82. The first-order valence-electron chi connectivity index (χ1n) is 10.2. The van der Waals surface area contributed by atoms with Gasteiger partial charge in [0.15, 0.2) is 23.9 Å². The van der Waals surface area contributed by atoms with E-state index in [1.807, 2.05) is 19.1 Å². The smallest absolute Gasteiger partial charge is 0.344 e. The van der Waals surface area contributed by atoms with Crippen molar-refractivity contribution in [3.05, 3.63) is 69.1 Å². The monoisotopic (exact) mass is 438 g/mol.